The van der Waals surface area contributed by atoms with Gasteiger partial charge in [0.1, 0.15) is 4.90 Å². The van der Waals surface area contributed by atoms with Crippen LogP contribution in [0.25, 0.3) is 0 Å². The summed E-state index contributed by atoms with van der Waals surface area (Å²) in [6.07, 6.45) is 1.46. The number of nitrogens with zero attached hydrogens (tertiary/aromatic N) is 1. The van der Waals surface area contributed by atoms with Crippen molar-refractivity contribution in [3.8, 4) is 0 Å². The van der Waals surface area contributed by atoms with Crippen molar-refractivity contribution in [2.24, 2.45) is 0 Å². The smallest absolute Gasteiger partial charge is 0.338 e. The Morgan fingerprint density at radius 3 is 2.24 bits per heavy atom. The van der Waals surface area contributed by atoms with Gasteiger partial charge in [-0.2, -0.15) is 4.31 Å². The van der Waals surface area contributed by atoms with E-state index in [1.165, 1.54) is 29.4 Å². The second-order valence-electron chi connectivity index (χ2n) is 8.42. The fraction of sp³-hybridized carbons (Fsp3) is 0.417. The maximum absolute atomic E-state index is 13.0. The standard InChI is InChI=1S/C24H29ClN2O5S/c1-15-12-16(2)22(17(3)13-15)26-23(28)18(4)32-24(29)19-8-9-20(25)21(14-19)33(30,31)27-10-6-5-7-11-27/h8-9,12-14,18H,5-7,10-11H2,1-4H3,(H,26,28). The number of hydrogen-bond acceptors (Lipinski definition) is 5. The summed E-state index contributed by atoms with van der Waals surface area (Å²) >= 11 is 6.17. The highest BCUT2D eigenvalue weighted by Crippen LogP contribution is 2.28. The summed E-state index contributed by atoms with van der Waals surface area (Å²) < 4.78 is 32.8. The largest absolute Gasteiger partial charge is 0.449 e. The number of rotatable bonds is 6. The number of halogens is 1. The summed E-state index contributed by atoms with van der Waals surface area (Å²) in [5, 5.41) is 2.85. The van der Waals surface area contributed by atoms with Gasteiger partial charge in [0.05, 0.1) is 10.6 Å². The molecule has 0 saturated carbocycles. The van der Waals surface area contributed by atoms with Crippen LogP contribution < -0.4 is 5.32 Å². The van der Waals surface area contributed by atoms with Crippen LogP contribution in [0.5, 0.6) is 0 Å². The molecule has 1 amide bonds. The lowest BCUT2D eigenvalue weighted by Crippen LogP contribution is -2.36. The van der Waals surface area contributed by atoms with Gasteiger partial charge in [0, 0.05) is 18.8 Å². The highest BCUT2D eigenvalue weighted by molar-refractivity contribution is 7.89. The maximum atomic E-state index is 13.0. The van der Waals surface area contributed by atoms with Crippen molar-refractivity contribution >= 4 is 39.2 Å². The minimum absolute atomic E-state index is 0.0114. The van der Waals surface area contributed by atoms with Gasteiger partial charge in [0.2, 0.25) is 10.0 Å². The lowest BCUT2D eigenvalue weighted by Gasteiger charge is -2.26. The predicted octanol–water partition coefficient (Wildman–Crippen LogP) is 4.62. The quantitative estimate of drug-likeness (QED) is 0.594. The first-order chi connectivity index (χ1) is 15.5. The zero-order valence-electron chi connectivity index (χ0n) is 19.3. The number of benzene rings is 2. The monoisotopic (exact) mass is 492 g/mol. The minimum atomic E-state index is -3.83. The molecular weight excluding hydrogens is 464 g/mol. The van der Waals surface area contributed by atoms with Crippen LogP contribution in [0.4, 0.5) is 5.69 Å². The molecule has 2 aromatic carbocycles. The van der Waals surface area contributed by atoms with E-state index in [-0.39, 0.29) is 15.5 Å². The van der Waals surface area contributed by atoms with Crippen molar-refractivity contribution in [3.63, 3.8) is 0 Å². The first kappa shape index (κ1) is 25.2. The molecule has 178 valence electrons. The number of amides is 1. The van der Waals surface area contributed by atoms with Crippen molar-refractivity contribution < 1.29 is 22.7 Å². The molecule has 1 unspecified atom stereocenters. The summed E-state index contributed by atoms with van der Waals surface area (Å²) in [6.45, 7) is 8.06. The van der Waals surface area contributed by atoms with Crippen molar-refractivity contribution in [2.75, 3.05) is 18.4 Å². The molecule has 9 heteroatoms. The Kier molecular flexibility index (Phi) is 7.82. The van der Waals surface area contributed by atoms with Crippen LogP contribution in [0.15, 0.2) is 35.2 Å². The van der Waals surface area contributed by atoms with Crippen LogP contribution in [0.1, 0.15) is 53.2 Å². The van der Waals surface area contributed by atoms with Crippen LogP contribution in [0.3, 0.4) is 0 Å². The van der Waals surface area contributed by atoms with E-state index in [1.54, 1.807) is 0 Å². The van der Waals surface area contributed by atoms with Crippen molar-refractivity contribution in [2.45, 2.75) is 58.0 Å². The molecule has 1 N–H and O–H groups in total. The van der Waals surface area contributed by atoms with Gasteiger partial charge >= 0.3 is 5.97 Å². The number of sulfonamides is 1. The zero-order valence-corrected chi connectivity index (χ0v) is 20.8. The fourth-order valence-electron chi connectivity index (χ4n) is 3.96. The van der Waals surface area contributed by atoms with Crippen LogP contribution >= 0.6 is 11.6 Å². The number of esters is 1. The van der Waals surface area contributed by atoms with E-state index in [2.05, 4.69) is 5.32 Å². The van der Waals surface area contributed by atoms with Crippen molar-refractivity contribution in [3.05, 3.63) is 57.6 Å². The van der Waals surface area contributed by atoms with Crippen LogP contribution in [0.2, 0.25) is 5.02 Å². The van der Waals surface area contributed by atoms with Crippen LogP contribution in [-0.4, -0.2) is 43.8 Å². The summed E-state index contributed by atoms with van der Waals surface area (Å²) in [5.74, 6) is -1.28. The Bertz CT molecular complexity index is 1150. The van der Waals surface area contributed by atoms with Gasteiger partial charge in [-0.3, -0.25) is 4.79 Å². The second kappa shape index (κ2) is 10.2. The third kappa shape index (κ3) is 5.75. The molecule has 1 heterocycles. The lowest BCUT2D eigenvalue weighted by molar-refractivity contribution is -0.123. The first-order valence-corrected chi connectivity index (χ1v) is 12.7. The highest BCUT2D eigenvalue weighted by Gasteiger charge is 2.29. The summed E-state index contributed by atoms with van der Waals surface area (Å²) in [7, 11) is -3.83. The second-order valence-corrected chi connectivity index (χ2v) is 10.7. The Labute approximate surface area is 200 Å². The number of aryl methyl sites for hydroxylation is 3. The fourth-order valence-corrected chi connectivity index (χ4v) is 5.97. The molecule has 1 atom stereocenters. The van der Waals surface area contributed by atoms with E-state index in [4.69, 9.17) is 16.3 Å². The Balaban J connectivity index is 1.75. The molecule has 0 aromatic heterocycles. The molecule has 0 aliphatic carbocycles. The molecule has 33 heavy (non-hydrogen) atoms. The summed E-state index contributed by atoms with van der Waals surface area (Å²) in [4.78, 5) is 25.2. The van der Waals surface area contributed by atoms with E-state index in [0.29, 0.717) is 18.8 Å². The Morgan fingerprint density at radius 1 is 1.03 bits per heavy atom. The minimum Gasteiger partial charge on any atom is -0.449 e. The molecule has 1 aliphatic heterocycles. The molecule has 1 fully saturated rings. The van der Waals surface area contributed by atoms with Gasteiger partial charge in [0.15, 0.2) is 6.10 Å². The number of anilines is 1. The average Bonchev–Trinajstić information content (AvgIpc) is 2.76. The third-order valence-electron chi connectivity index (χ3n) is 5.68. The molecule has 7 nitrogen and oxygen atoms in total. The maximum Gasteiger partial charge on any atom is 0.338 e. The molecule has 1 aliphatic rings. The van der Waals surface area contributed by atoms with Gasteiger partial charge in [-0.25, -0.2) is 13.2 Å². The average molecular weight is 493 g/mol. The van der Waals surface area contributed by atoms with Gasteiger partial charge in [0.25, 0.3) is 5.91 Å². The number of piperidine rings is 1. The van der Waals surface area contributed by atoms with Crippen LogP contribution in [0, 0.1) is 20.8 Å². The van der Waals surface area contributed by atoms with Gasteiger partial charge < -0.3 is 10.1 Å². The SMILES string of the molecule is Cc1cc(C)c(NC(=O)C(C)OC(=O)c2ccc(Cl)c(S(=O)(=O)N3CCCCC3)c2)c(C)c1. The lowest BCUT2D eigenvalue weighted by atomic mass is 10.0. The number of nitrogens with one attached hydrogen (secondary N) is 1. The van der Waals surface area contributed by atoms with Crippen molar-refractivity contribution in [1.29, 1.82) is 0 Å². The molecule has 3 rings (SSSR count). The third-order valence-corrected chi connectivity index (χ3v) is 8.06. The number of ether oxygens (including phenoxy) is 1. The molecule has 1 saturated heterocycles. The number of carbonyl (C=O) groups is 2. The molecule has 0 radical (unpaired) electrons. The first-order valence-electron chi connectivity index (χ1n) is 10.9. The van der Waals surface area contributed by atoms with E-state index in [1.807, 2.05) is 32.9 Å². The van der Waals surface area contributed by atoms with E-state index < -0.39 is 28.0 Å². The number of carbonyl (C=O) groups excluding carboxylic acids is 2. The summed E-state index contributed by atoms with van der Waals surface area (Å²) in [5.41, 5.74) is 3.59. The van der Waals surface area contributed by atoms with Gasteiger partial charge in [-0.1, -0.05) is 35.7 Å². The molecule has 2 aromatic rings. The Morgan fingerprint density at radius 2 is 1.64 bits per heavy atom. The van der Waals surface area contributed by atoms with Crippen LogP contribution in [-0.2, 0) is 19.6 Å². The molecular formula is C24H29ClN2O5S. The van der Waals surface area contributed by atoms with E-state index >= 15 is 0 Å². The van der Waals surface area contributed by atoms with Crippen molar-refractivity contribution in [1.82, 2.24) is 4.31 Å². The van der Waals surface area contributed by atoms with E-state index in [0.717, 1.165) is 36.0 Å². The predicted molar refractivity (Wildman–Crippen MR) is 128 cm³/mol. The Hall–Kier alpha value is -2.42. The normalized spacial score (nSPS) is 15.7. The molecule has 0 spiro atoms. The highest BCUT2D eigenvalue weighted by atomic mass is 35.5. The van der Waals surface area contributed by atoms with Gasteiger partial charge in [-0.15, -0.1) is 0 Å². The van der Waals surface area contributed by atoms with E-state index in [9.17, 15) is 18.0 Å². The zero-order chi connectivity index (χ0) is 24.3. The summed E-state index contributed by atoms with van der Waals surface area (Å²) in [6, 6.07) is 7.87. The van der Waals surface area contributed by atoms with Gasteiger partial charge in [-0.05, 0) is 69.9 Å². The topological polar surface area (TPSA) is 92.8 Å². The number of hydrogen-bond donors (Lipinski definition) is 1. The molecule has 0 bridgehead atoms.